The lowest BCUT2D eigenvalue weighted by molar-refractivity contribution is -0.307. The van der Waals surface area contributed by atoms with Crippen molar-refractivity contribution in [3.63, 3.8) is 0 Å². The molecule has 0 spiro atoms. The summed E-state index contributed by atoms with van der Waals surface area (Å²) in [5, 5.41) is 12.3. The van der Waals surface area contributed by atoms with Crippen molar-refractivity contribution in [3.8, 4) is 0 Å². The van der Waals surface area contributed by atoms with Gasteiger partial charge in [0.2, 0.25) is 10.0 Å². The number of rotatable bonds is 6. The van der Waals surface area contributed by atoms with Gasteiger partial charge < -0.3 is 14.9 Å². The Morgan fingerprint density at radius 3 is 2.52 bits per heavy atom. The lowest BCUT2D eigenvalue weighted by Gasteiger charge is -2.19. The lowest BCUT2D eigenvalue weighted by Crippen LogP contribution is -2.49. The van der Waals surface area contributed by atoms with E-state index in [1.165, 1.54) is 12.1 Å². The first-order chi connectivity index (χ1) is 11.9. The number of aliphatic carboxylic acids is 1. The number of carboxylic acid groups (broad SMARTS) is 1. The summed E-state index contributed by atoms with van der Waals surface area (Å²) in [7, 11) is -3.96. The van der Waals surface area contributed by atoms with Gasteiger partial charge in [-0.2, -0.15) is 0 Å². The molecule has 0 fully saturated rings. The van der Waals surface area contributed by atoms with Crippen LogP contribution in [0.15, 0.2) is 59.6 Å². The summed E-state index contributed by atoms with van der Waals surface area (Å²) in [6, 6.07) is 12.2. The largest absolute Gasteiger partial charge is 0.548 e. The van der Waals surface area contributed by atoms with Gasteiger partial charge in [-0.25, -0.2) is 13.1 Å². The van der Waals surface area contributed by atoms with Crippen molar-refractivity contribution in [2.24, 2.45) is 0 Å². The van der Waals surface area contributed by atoms with Crippen molar-refractivity contribution in [1.82, 2.24) is 9.71 Å². The predicted octanol–water partition coefficient (Wildman–Crippen LogP) is 1.12. The fraction of sp³-hybridized carbons (Fsp3) is 0.167. The minimum absolute atomic E-state index is 0.0164. The molecule has 0 saturated heterocycles. The van der Waals surface area contributed by atoms with Crippen molar-refractivity contribution >= 4 is 26.9 Å². The minimum atomic E-state index is -3.96. The van der Waals surface area contributed by atoms with Crippen LogP contribution in [-0.4, -0.2) is 25.4 Å². The van der Waals surface area contributed by atoms with Gasteiger partial charge in [0.15, 0.2) is 0 Å². The number of sulfonamides is 1. The van der Waals surface area contributed by atoms with Gasteiger partial charge in [0.1, 0.15) is 0 Å². The highest BCUT2D eigenvalue weighted by Gasteiger charge is 2.22. The summed E-state index contributed by atoms with van der Waals surface area (Å²) in [6.45, 7) is 1.84. The minimum Gasteiger partial charge on any atom is -0.548 e. The molecule has 0 aliphatic carbocycles. The molecule has 0 saturated carbocycles. The van der Waals surface area contributed by atoms with Crippen LogP contribution in [0.1, 0.15) is 11.1 Å². The van der Waals surface area contributed by atoms with E-state index in [9.17, 15) is 18.3 Å². The van der Waals surface area contributed by atoms with Crippen LogP contribution >= 0.6 is 0 Å². The van der Waals surface area contributed by atoms with Crippen LogP contribution in [0.5, 0.6) is 0 Å². The van der Waals surface area contributed by atoms with E-state index in [2.05, 4.69) is 9.71 Å². The molecule has 0 aliphatic rings. The van der Waals surface area contributed by atoms with Gasteiger partial charge in [0.05, 0.1) is 16.9 Å². The maximum atomic E-state index is 12.4. The Morgan fingerprint density at radius 2 is 1.84 bits per heavy atom. The van der Waals surface area contributed by atoms with E-state index in [0.29, 0.717) is 5.56 Å². The van der Waals surface area contributed by atoms with Gasteiger partial charge in [-0.05, 0) is 37.1 Å². The van der Waals surface area contributed by atoms with Gasteiger partial charge >= 0.3 is 0 Å². The van der Waals surface area contributed by atoms with Gasteiger partial charge in [-0.15, -0.1) is 0 Å². The van der Waals surface area contributed by atoms with Crippen molar-refractivity contribution in [1.29, 1.82) is 0 Å². The van der Waals surface area contributed by atoms with Crippen LogP contribution in [0.3, 0.4) is 0 Å². The number of aromatic nitrogens is 1. The van der Waals surface area contributed by atoms with E-state index < -0.39 is 22.0 Å². The van der Waals surface area contributed by atoms with Gasteiger partial charge in [0, 0.05) is 17.1 Å². The Kier molecular flexibility index (Phi) is 4.61. The van der Waals surface area contributed by atoms with Crippen molar-refractivity contribution < 1.29 is 18.3 Å². The molecule has 3 aromatic rings. The van der Waals surface area contributed by atoms with Crippen LogP contribution in [-0.2, 0) is 21.2 Å². The van der Waals surface area contributed by atoms with E-state index in [-0.39, 0.29) is 11.3 Å². The molecule has 0 radical (unpaired) electrons. The summed E-state index contributed by atoms with van der Waals surface area (Å²) < 4.78 is 27.1. The Hall–Kier alpha value is -2.64. The average molecular weight is 357 g/mol. The molecule has 25 heavy (non-hydrogen) atoms. The molecule has 3 rings (SSSR count). The van der Waals surface area contributed by atoms with Crippen LogP contribution in [0.2, 0.25) is 0 Å². The number of H-pyrrole nitrogens is 1. The maximum absolute atomic E-state index is 12.4. The zero-order valence-electron chi connectivity index (χ0n) is 13.5. The molecule has 1 unspecified atom stereocenters. The molecule has 2 N–H and O–H groups in total. The second kappa shape index (κ2) is 6.70. The highest BCUT2D eigenvalue weighted by Crippen LogP contribution is 2.20. The third-order valence-corrected chi connectivity index (χ3v) is 5.50. The predicted molar refractivity (Wildman–Crippen MR) is 92.3 cm³/mol. The zero-order chi connectivity index (χ0) is 18.0. The quantitative estimate of drug-likeness (QED) is 0.690. The normalized spacial score (nSPS) is 13.0. The number of benzene rings is 2. The first-order valence-corrected chi connectivity index (χ1v) is 9.20. The number of carbonyl (C=O) groups is 1. The summed E-state index contributed by atoms with van der Waals surface area (Å²) in [5.41, 5.74) is 2.47. The third kappa shape index (κ3) is 3.72. The highest BCUT2D eigenvalue weighted by molar-refractivity contribution is 7.89. The summed E-state index contributed by atoms with van der Waals surface area (Å²) in [4.78, 5) is 14.5. The Bertz CT molecular complexity index is 1010. The summed E-state index contributed by atoms with van der Waals surface area (Å²) >= 11 is 0. The first-order valence-electron chi connectivity index (χ1n) is 7.72. The molecular weight excluding hydrogens is 340 g/mol. The standard InChI is InChI=1S/C18H18N2O4S/c1-12-6-8-14(9-7-12)25(23,24)20-17(18(21)22)10-13-11-19-16-5-3-2-4-15(13)16/h2-9,11,17,19-20H,10H2,1H3,(H,21,22)/p-1. The second-order valence-corrected chi connectivity index (χ2v) is 7.58. The van der Waals surface area contributed by atoms with E-state index in [1.54, 1.807) is 18.3 Å². The van der Waals surface area contributed by atoms with E-state index in [1.807, 2.05) is 31.2 Å². The molecule has 6 nitrogen and oxygen atoms in total. The maximum Gasteiger partial charge on any atom is 0.241 e. The molecule has 1 aromatic heterocycles. The number of fused-ring (bicyclic) bond motifs is 1. The second-order valence-electron chi connectivity index (χ2n) is 5.87. The topological polar surface area (TPSA) is 102 Å². The zero-order valence-corrected chi connectivity index (χ0v) is 14.3. The number of aromatic amines is 1. The first kappa shape index (κ1) is 17.2. The fourth-order valence-corrected chi connectivity index (χ4v) is 3.85. The molecule has 0 amide bonds. The smallest absolute Gasteiger partial charge is 0.241 e. The summed E-state index contributed by atoms with van der Waals surface area (Å²) in [6.07, 6.45) is 1.66. The van der Waals surface area contributed by atoms with Crippen molar-refractivity contribution in [3.05, 3.63) is 65.9 Å². The van der Waals surface area contributed by atoms with Gasteiger partial charge in [-0.3, -0.25) is 0 Å². The molecular formula is C18H17N2O4S-. The average Bonchev–Trinajstić information content (AvgIpc) is 2.97. The van der Waals surface area contributed by atoms with E-state index in [0.717, 1.165) is 16.5 Å². The monoisotopic (exact) mass is 357 g/mol. The molecule has 130 valence electrons. The highest BCUT2D eigenvalue weighted by atomic mass is 32.2. The molecule has 2 aromatic carbocycles. The SMILES string of the molecule is Cc1ccc(S(=O)(=O)NC(Cc2c[nH]c3ccccc23)C(=O)[O-])cc1. The number of hydrogen-bond donors (Lipinski definition) is 2. The Balaban J connectivity index is 1.86. The molecule has 1 atom stereocenters. The Morgan fingerprint density at radius 1 is 1.16 bits per heavy atom. The number of aryl methyl sites for hydroxylation is 1. The van der Waals surface area contributed by atoms with Crippen molar-refractivity contribution in [2.75, 3.05) is 0 Å². The number of para-hydroxylation sites is 1. The van der Waals surface area contributed by atoms with E-state index in [4.69, 9.17) is 0 Å². The third-order valence-electron chi connectivity index (χ3n) is 4.01. The molecule has 1 heterocycles. The van der Waals surface area contributed by atoms with Gasteiger partial charge in [0.25, 0.3) is 0 Å². The van der Waals surface area contributed by atoms with Crippen molar-refractivity contribution in [2.45, 2.75) is 24.3 Å². The summed E-state index contributed by atoms with van der Waals surface area (Å²) in [5.74, 6) is -1.47. The van der Waals surface area contributed by atoms with Gasteiger partial charge in [-0.1, -0.05) is 35.9 Å². The molecule has 0 bridgehead atoms. The number of hydrogen-bond acceptors (Lipinski definition) is 4. The van der Waals surface area contributed by atoms with Crippen LogP contribution in [0.4, 0.5) is 0 Å². The van der Waals surface area contributed by atoms with Crippen LogP contribution in [0, 0.1) is 6.92 Å². The number of carboxylic acids is 1. The molecule has 0 aliphatic heterocycles. The van der Waals surface area contributed by atoms with Crippen LogP contribution in [0.25, 0.3) is 10.9 Å². The molecule has 7 heteroatoms. The fourth-order valence-electron chi connectivity index (χ4n) is 2.67. The van der Waals surface area contributed by atoms with Crippen LogP contribution < -0.4 is 9.83 Å². The Labute approximate surface area is 145 Å². The lowest BCUT2D eigenvalue weighted by atomic mass is 10.1. The number of nitrogens with one attached hydrogen (secondary N) is 2. The number of carbonyl (C=O) groups excluding carboxylic acids is 1. The van der Waals surface area contributed by atoms with E-state index >= 15 is 0 Å².